The zero-order valence-corrected chi connectivity index (χ0v) is 12.0. The van der Waals surface area contributed by atoms with Gasteiger partial charge in [0, 0.05) is 17.1 Å². The molecule has 0 fully saturated rings. The van der Waals surface area contributed by atoms with E-state index in [1.54, 1.807) is 7.11 Å². The van der Waals surface area contributed by atoms with Crippen LogP contribution in [0.1, 0.15) is 6.42 Å². The summed E-state index contributed by atoms with van der Waals surface area (Å²) >= 11 is 1.88. The molecule has 2 aromatic carbocycles. The van der Waals surface area contributed by atoms with Crippen LogP contribution in [0.4, 0.5) is 5.69 Å². The van der Waals surface area contributed by atoms with Gasteiger partial charge in [-0.15, -0.1) is 11.8 Å². The molecule has 0 atom stereocenters. The van der Waals surface area contributed by atoms with Gasteiger partial charge in [0.05, 0.1) is 7.11 Å². The van der Waals surface area contributed by atoms with Gasteiger partial charge in [-0.25, -0.2) is 0 Å². The Bertz CT molecular complexity index is 470. The second-order valence-corrected chi connectivity index (χ2v) is 5.34. The van der Waals surface area contributed by atoms with Gasteiger partial charge in [-0.3, -0.25) is 0 Å². The Morgan fingerprint density at radius 2 is 1.74 bits per heavy atom. The van der Waals surface area contributed by atoms with Crippen molar-refractivity contribution in [3.63, 3.8) is 0 Å². The van der Waals surface area contributed by atoms with E-state index in [9.17, 15) is 0 Å². The first-order chi connectivity index (χ1) is 9.38. The minimum absolute atomic E-state index is 0.912. The smallest absolute Gasteiger partial charge is 0.118 e. The highest BCUT2D eigenvalue weighted by atomic mass is 32.2. The number of nitrogens with one attached hydrogen (secondary N) is 1. The molecule has 0 spiro atoms. The summed E-state index contributed by atoms with van der Waals surface area (Å²) in [4.78, 5) is 1.29. The van der Waals surface area contributed by atoms with Crippen LogP contribution >= 0.6 is 11.8 Å². The van der Waals surface area contributed by atoms with Crippen molar-refractivity contribution in [1.29, 1.82) is 0 Å². The summed E-state index contributed by atoms with van der Waals surface area (Å²) in [6, 6.07) is 18.5. The van der Waals surface area contributed by atoms with Crippen LogP contribution in [0.25, 0.3) is 0 Å². The first-order valence-corrected chi connectivity index (χ1v) is 7.43. The lowest BCUT2D eigenvalue weighted by Crippen LogP contribution is -2.02. The highest BCUT2D eigenvalue weighted by Crippen LogP contribution is 2.21. The maximum Gasteiger partial charge on any atom is 0.118 e. The van der Waals surface area contributed by atoms with Crippen LogP contribution in [0.15, 0.2) is 59.5 Å². The highest BCUT2D eigenvalue weighted by Gasteiger charge is 1.96. The molecule has 0 aliphatic carbocycles. The molecule has 2 nitrogen and oxygen atoms in total. The van der Waals surface area contributed by atoms with Crippen LogP contribution < -0.4 is 10.1 Å². The quantitative estimate of drug-likeness (QED) is 0.600. The summed E-state index contributed by atoms with van der Waals surface area (Å²) in [6.45, 7) is 1.01. The Kier molecular flexibility index (Phi) is 5.63. The Labute approximate surface area is 119 Å². The van der Waals surface area contributed by atoms with E-state index in [2.05, 4.69) is 41.7 Å². The number of hydrogen-bond acceptors (Lipinski definition) is 3. The van der Waals surface area contributed by atoms with E-state index in [0.29, 0.717) is 0 Å². The molecule has 0 aliphatic heterocycles. The molecule has 19 heavy (non-hydrogen) atoms. The van der Waals surface area contributed by atoms with Crippen molar-refractivity contribution in [2.45, 2.75) is 11.3 Å². The van der Waals surface area contributed by atoms with Gasteiger partial charge in [0.25, 0.3) is 0 Å². The van der Waals surface area contributed by atoms with Gasteiger partial charge < -0.3 is 10.1 Å². The molecule has 0 aromatic heterocycles. The molecular formula is C16H19NOS. The Morgan fingerprint density at radius 1 is 1.00 bits per heavy atom. The predicted molar refractivity (Wildman–Crippen MR) is 83.3 cm³/mol. The predicted octanol–water partition coefficient (Wildman–Crippen LogP) is 4.29. The van der Waals surface area contributed by atoms with E-state index in [-0.39, 0.29) is 0 Å². The fourth-order valence-corrected chi connectivity index (χ4v) is 2.58. The fourth-order valence-electron chi connectivity index (χ4n) is 1.72. The number of hydrogen-bond donors (Lipinski definition) is 1. The molecule has 0 saturated carbocycles. The van der Waals surface area contributed by atoms with Crippen molar-refractivity contribution in [3.05, 3.63) is 54.6 Å². The lowest BCUT2D eigenvalue weighted by Gasteiger charge is -2.06. The first kappa shape index (κ1) is 13.8. The lowest BCUT2D eigenvalue weighted by atomic mass is 10.3. The number of anilines is 1. The Morgan fingerprint density at radius 3 is 2.42 bits per heavy atom. The van der Waals surface area contributed by atoms with Gasteiger partial charge in [-0.1, -0.05) is 18.2 Å². The van der Waals surface area contributed by atoms with E-state index >= 15 is 0 Å². The summed E-state index contributed by atoms with van der Waals surface area (Å²) in [5, 5.41) is 3.42. The number of benzene rings is 2. The summed E-state index contributed by atoms with van der Waals surface area (Å²) in [5.41, 5.74) is 1.19. The second-order valence-electron chi connectivity index (χ2n) is 4.17. The number of ether oxygens (including phenoxy) is 1. The van der Waals surface area contributed by atoms with Gasteiger partial charge in [-0.2, -0.15) is 0 Å². The van der Waals surface area contributed by atoms with Crippen molar-refractivity contribution in [2.24, 2.45) is 0 Å². The number of para-hydroxylation sites is 1. The number of methoxy groups -OCH3 is 1. The maximum atomic E-state index is 5.14. The summed E-state index contributed by atoms with van der Waals surface area (Å²) < 4.78 is 5.14. The van der Waals surface area contributed by atoms with Crippen LogP contribution in [0, 0.1) is 0 Å². The molecule has 0 unspecified atom stereocenters. The highest BCUT2D eigenvalue weighted by molar-refractivity contribution is 7.99. The minimum Gasteiger partial charge on any atom is -0.497 e. The van der Waals surface area contributed by atoms with Crippen LogP contribution in [0.2, 0.25) is 0 Å². The van der Waals surface area contributed by atoms with Crippen molar-refractivity contribution < 1.29 is 4.74 Å². The van der Waals surface area contributed by atoms with E-state index in [4.69, 9.17) is 4.74 Å². The zero-order valence-electron chi connectivity index (χ0n) is 11.1. The molecule has 2 rings (SSSR count). The first-order valence-electron chi connectivity index (χ1n) is 6.44. The van der Waals surface area contributed by atoms with E-state index in [0.717, 1.165) is 24.5 Å². The summed E-state index contributed by atoms with van der Waals surface area (Å²) in [7, 11) is 1.69. The molecule has 3 heteroatoms. The Hall–Kier alpha value is -1.61. The van der Waals surface area contributed by atoms with Gasteiger partial charge in [0.15, 0.2) is 0 Å². The largest absolute Gasteiger partial charge is 0.497 e. The molecule has 0 radical (unpaired) electrons. The van der Waals surface area contributed by atoms with Crippen molar-refractivity contribution in [3.8, 4) is 5.75 Å². The van der Waals surface area contributed by atoms with Crippen LogP contribution in [-0.2, 0) is 0 Å². The van der Waals surface area contributed by atoms with Gasteiger partial charge >= 0.3 is 0 Å². The second kappa shape index (κ2) is 7.74. The molecule has 0 aliphatic rings. The molecule has 2 aromatic rings. The molecule has 1 N–H and O–H groups in total. The van der Waals surface area contributed by atoms with Crippen molar-refractivity contribution in [2.75, 3.05) is 24.7 Å². The molecule has 100 valence electrons. The average molecular weight is 273 g/mol. The van der Waals surface area contributed by atoms with Crippen molar-refractivity contribution in [1.82, 2.24) is 0 Å². The van der Waals surface area contributed by atoms with Crippen LogP contribution in [-0.4, -0.2) is 19.4 Å². The standard InChI is InChI=1S/C16H19NOS/c1-18-15-8-10-16(11-9-15)19-13-5-12-17-14-6-3-2-4-7-14/h2-4,6-11,17H,5,12-13H2,1H3. The molecule has 0 saturated heterocycles. The number of thioether (sulfide) groups is 1. The van der Waals surface area contributed by atoms with E-state index in [1.165, 1.54) is 10.6 Å². The zero-order chi connectivity index (χ0) is 13.3. The molecular weight excluding hydrogens is 254 g/mol. The van der Waals surface area contributed by atoms with Crippen LogP contribution in [0.5, 0.6) is 5.75 Å². The summed E-state index contributed by atoms with van der Waals surface area (Å²) in [5.74, 6) is 2.03. The Balaban J connectivity index is 1.63. The third-order valence-electron chi connectivity index (χ3n) is 2.75. The third kappa shape index (κ3) is 4.87. The monoisotopic (exact) mass is 273 g/mol. The van der Waals surface area contributed by atoms with E-state index < -0.39 is 0 Å². The van der Waals surface area contributed by atoms with Gasteiger partial charge in [-0.05, 0) is 48.6 Å². The van der Waals surface area contributed by atoms with Gasteiger partial charge in [0.1, 0.15) is 5.75 Å². The SMILES string of the molecule is COc1ccc(SCCCNc2ccccc2)cc1. The number of rotatable bonds is 7. The summed E-state index contributed by atoms with van der Waals surface area (Å²) in [6.07, 6.45) is 1.14. The van der Waals surface area contributed by atoms with Crippen molar-refractivity contribution >= 4 is 17.4 Å². The normalized spacial score (nSPS) is 10.2. The van der Waals surface area contributed by atoms with E-state index in [1.807, 2.05) is 30.0 Å². The molecule has 0 amide bonds. The third-order valence-corrected chi connectivity index (χ3v) is 3.85. The molecule has 0 bridgehead atoms. The minimum atomic E-state index is 0.912. The average Bonchev–Trinajstić information content (AvgIpc) is 2.49. The lowest BCUT2D eigenvalue weighted by molar-refractivity contribution is 0.414. The maximum absolute atomic E-state index is 5.14. The van der Waals surface area contributed by atoms with Gasteiger partial charge in [0.2, 0.25) is 0 Å². The fraction of sp³-hybridized carbons (Fsp3) is 0.250. The topological polar surface area (TPSA) is 21.3 Å². The van der Waals surface area contributed by atoms with Crippen LogP contribution in [0.3, 0.4) is 0 Å². The molecule has 0 heterocycles.